The van der Waals surface area contributed by atoms with Gasteiger partial charge in [0.1, 0.15) is 0 Å². The summed E-state index contributed by atoms with van der Waals surface area (Å²) in [6.45, 7) is 0. The number of hydrogen-bond donors (Lipinski definition) is 2. The van der Waals surface area contributed by atoms with Crippen molar-refractivity contribution < 1.29 is 18.9 Å². The van der Waals surface area contributed by atoms with Crippen LogP contribution in [0.5, 0.6) is 0 Å². The van der Waals surface area contributed by atoms with Gasteiger partial charge in [-0.05, 0) is 30.3 Å². The van der Waals surface area contributed by atoms with E-state index in [9.17, 15) is 13.6 Å². The lowest BCUT2D eigenvalue weighted by atomic mass is 10.2. The number of nitrogens with zero attached hydrogens (tertiary/aromatic N) is 2. The molecule has 1 aromatic heterocycles. The molecule has 1 atom stereocenters. The lowest BCUT2D eigenvalue weighted by Gasteiger charge is -2.12. The first-order valence-electron chi connectivity index (χ1n) is 6.64. The van der Waals surface area contributed by atoms with Crippen LogP contribution in [0.2, 0.25) is 0 Å². The Morgan fingerprint density at radius 2 is 1.88 bits per heavy atom. The highest BCUT2D eigenvalue weighted by Crippen LogP contribution is 2.29. The maximum absolute atomic E-state index is 12.8. The van der Waals surface area contributed by atoms with Crippen LogP contribution in [-0.4, -0.2) is 17.6 Å². The van der Waals surface area contributed by atoms with Crippen LogP contribution >= 0.6 is 15.9 Å². The van der Waals surface area contributed by atoms with E-state index in [-0.39, 0.29) is 10.6 Å². The smallest absolute Gasteiger partial charge is 0.268 e. The topological polar surface area (TPSA) is 111 Å². The van der Waals surface area contributed by atoms with Gasteiger partial charge in [-0.15, -0.1) is 0 Å². The zero-order valence-corrected chi connectivity index (χ0v) is 14.4. The molecule has 0 radical (unpaired) electrons. The average molecular weight is 408 g/mol. The van der Waals surface area contributed by atoms with Gasteiger partial charge in [0.05, 0.1) is 22.0 Å². The van der Waals surface area contributed by atoms with E-state index >= 15 is 0 Å². The molecule has 0 bridgehead atoms. The van der Waals surface area contributed by atoms with Crippen LogP contribution in [0.1, 0.15) is 5.56 Å². The number of aromatic nitrogens is 1. The van der Waals surface area contributed by atoms with Crippen LogP contribution in [0.15, 0.2) is 58.0 Å². The summed E-state index contributed by atoms with van der Waals surface area (Å²) in [5.41, 5.74) is 0.690. The number of halogens is 1. The fourth-order valence-corrected chi connectivity index (χ4v) is 4.25. The highest BCUT2D eigenvalue weighted by atomic mass is 79.9. The Morgan fingerprint density at radius 3 is 2.46 bits per heavy atom. The zero-order chi connectivity index (χ0) is 17.5. The van der Waals surface area contributed by atoms with Crippen molar-refractivity contribution in [3.05, 3.63) is 63.9 Å². The van der Waals surface area contributed by atoms with Crippen molar-refractivity contribution in [2.75, 3.05) is 0 Å². The van der Waals surface area contributed by atoms with Gasteiger partial charge in [-0.25, -0.2) is 17.6 Å². The summed E-state index contributed by atoms with van der Waals surface area (Å²) < 4.78 is 27.3. The first-order chi connectivity index (χ1) is 11.3. The Hall–Kier alpha value is -2.22. The summed E-state index contributed by atoms with van der Waals surface area (Å²) in [5, 5.41) is 28.4. The Balaban J connectivity index is 2.18. The number of quaternary nitrogens is 1. The summed E-state index contributed by atoms with van der Waals surface area (Å²) in [5.74, 6) is 0. The molecule has 0 saturated heterocycles. The Kier molecular flexibility index (Phi) is 4.16. The molecule has 2 aromatic carbocycles. The lowest BCUT2D eigenvalue weighted by Crippen LogP contribution is -2.99. The number of hydrogen-bond acceptors (Lipinski definition) is 5. The van der Waals surface area contributed by atoms with Gasteiger partial charge in [0.25, 0.3) is 10.0 Å². The second-order valence-corrected chi connectivity index (χ2v) is 7.62. The zero-order valence-electron chi connectivity index (χ0n) is 12.0. The SMILES string of the molecule is N#Cc1cc(Br)c2ccn(S(=O)(=O)c3ccc([NH+]([O-])O)cc3)c2c1. The highest BCUT2D eigenvalue weighted by molar-refractivity contribution is 9.10. The number of rotatable bonds is 3. The third-order valence-electron chi connectivity index (χ3n) is 3.51. The molecule has 1 heterocycles. The number of nitrogens with one attached hydrogen (secondary N) is 1. The Morgan fingerprint density at radius 1 is 1.21 bits per heavy atom. The lowest BCUT2D eigenvalue weighted by molar-refractivity contribution is -0.991. The fraction of sp³-hybridized carbons (Fsp3) is 0. The first kappa shape index (κ1) is 16.6. The van der Waals surface area contributed by atoms with Crippen molar-refractivity contribution in [3.63, 3.8) is 0 Å². The molecule has 3 rings (SSSR count). The maximum Gasteiger partial charge on any atom is 0.268 e. The Bertz CT molecular complexity index is 1070. The van der Waals surface area contributed by atoms with Crippen molar-refractivity contribution in [1.82, 2.24) is 3.97 Å². The molecule has 0 fully saturated rings. The van der Waals surface area contributed by atoms with Crippen LogP contribution in [0, 0.1) is 16.5 Å². The van der Waals surface area contributed by atoms with Gasteiger partial charge in [-0.2, -0.15) is 10.5 Å². The second kappa shape index (κ2) is 6.01. The van der Waals surface area contributed by atoms with Crippen LogP contribution in [-0.2, 0) is 10.0 Å². The third-order valence-corrected chi connectivity index (χ3v) is 5.87. The summed E-state index contributed by atoms with van der Waals surface area (Å²) >= 11 is 3.33. The molecule has 0 aliphatic carbocycles. The minimum Gasteiger partial charge on any atom is -0.595 e. The van der Waals surface area contributed by atoms with Crippen LogP contribution < -0.4 is 5.23 Å². The van der Waals surface area contributed by atoms with E-state index < -0.39 is 15.2 Å². The molecule has 2 N–H and O–H groups in total. The van der Waals surface area contributed by atoms with E-state index in [1.54, 1.807) is 12.1 Å². The van der Waals surface area contributed by atoms with Crippen molar-refractivity contribution in [2.24, 2.45) is 0 Å². The predicted molar refractivity (Wildman–Crippen MR) is 89.2 cm³/mol. The molecule has 122 valence electrons. The number of nitriles is 1. The minimum atomic E-state index is -3.91. The van der Waals surface area contributed by atoms with Gasteiger partial charge in [-0.1, -0.05) is 15.9 Å². The van der Waals surface area contributed by atoms with Gasteiger partial charge < -0.3 is 5.21 Å². The minimum absolute atomic E-state index is 0.000764. The van der Waals surface area contributed by atoms with E-state index in [1.807, 2.05) is 6.07 Å². The second-order valence-electron chi connectivity index (χ2n) is 4.95. The van der Waals surface area contributed by atoms with Gasteiger partial charge in [0.2, 0.25) is 0 Å². The van der Waals surface area contributed by atoms with Crippen molar-refractivity contribution in [2.45, 2.75) is 4.90 Å². The third kappa shape index (κ3) is 2.71. The molecule has 24 heavy (non-hydrogen) atoms. The van der Waals surface area contributed by atoms with E-state index in [0.717, 1.165) is 3.97 Å². The summed E-state index contributed by atoms with van der Waals surface area (Å²) in [4.78, 5) is -0.0384. The van der Waals surface area contributed by atoms with Crippen LogP contribution in [0.25, 0.3) is 10.9 Å². The normalized spacial score (nSPS) is 12.9. The van der Waals surface area contributed by atoms with Crippen LogP contribution in [0.3, 0.4) is 0 Å². The molecule has 0 aliphatic heterocycles. The largest absolute Gasteiger partial charge is 0.595 e. The molecule has 0 amide bonds. The predicted octanol–water partition coefficient (Wildman–Crippen LogP) is 1.92. The van der Waals surface area contributed by atoms with Gasteiger partial charge in [0.15, 0.2) is 5.69 Å². The molecule has 0 saturated carbocycles. The van der Waals surface area contributed by atoms with Gasteiger partial charge in [-0.3, -0.25) is 0 Å². The number of fused-ring (bicyclic) bond motifs is 1. The summed E-state index contributed by atoms with van der Waals surface area (Å²) in [6.07, 6.45) is 1.40. The molecule has 0 spiro atoms. The molecular formula is C15H10BrN3O4S. The fourth-order valence-electron chi connectivity index (χ4n) is 2.33. The van der Waals surface area contributed by atoms with Crippen molar-refractivity contribution in [1.29, 1.82) is 5.26 Å². The van der Waals surface area contributed by atoms with Crippen LogP contribution in [0.4, 0.5) is 5.69 Å². The average Bonchev–Trinajstić information content (AvgIpc) is 3.00. The quantitative estimate of drug-likeness (QED) is 0.644. The molecule has 7 nitrogen and oxygen atoms in total. The Labute approximate surface area is 145 Å². The maximum atomic E-state index is 12.8. The monoisotopic (exact) mass is 407 g/mol. The number of benzene rings is 2. The highest BCUT2D eigenvalue weighted by Gasteiger charge is 2.20. The first-order valence-corrected chi connectivity index (χ1v) is 8.87. The van der Waals surface area contributed by atoms with E-state index in [4.69, 9.17) is 10.5 Å². The van der Waals surface area contributed by atoms with E-state index in [0.29, 0.717) is 20.9 Å². The van der Waals surface area contributed by atoms with E-state index in [2.05, 4.69) is 15.9 Å². The van der Waals surface area contributed by atoms with E-state index in [1.165, 1.54) is 36.5 Å². The summed E-state index contributed by atoms with van der Waals surface area (Å²) in [6, 6.07) is 11.7. The van der Waals surface area contributed by atoms with Gasteiger partial charge in [0, 0.05) is 28.2 Å². The van der Waals surface area contributed by atoms with Crippen molar-refractivity contribution in [3.8, 4) is 6.07 Å². The van der Waals surface area contributed by atoms with Crippen molar-refractivity contribution >= 4 is 42.5 Å². The molecule has 9 heteroatoms. The molecule has 1 unspecified atom stereocenters. The molecule has 3 aromatic rings. The molecule has 0 aliphatic rings. The van der Waals surface area contributed by atoms with Gasteiger partial charge >= 0.3 is 0 Å². The summed E-state index contributed by atoms with van der Waals surface area (Å²) in [7, 11) is -3.91. The molecular weight excluding hydrogens is 398 g/mol. The standard InChI is InChI=1S/C15H10BrN3O4S/c16-14-7-10(9-17)8-15-13(14)5-6-18(15)24(22,23)12-3-1-11(2-4-12)19(20)21/h1-8,19-20H.